The van der Waals surface area contributed by atoms with Gasteiger partial charge in [-0.15, -0.1) is 0 Å². The second-order valence-corrected chi connectivity index (χ2v) is 6.53. The number of hydrogen-bond acceptors (Lipinski definition) is 4. The summed E-state index contributed by atoms with van der Waals surface area (Å²) >= 11 is 0. The van der Waals surface area contributed by atoms with Crippen molar-refractivity contribution in [1.29, 1.82) is 0 Å². The number of isocyanates is 1. The number of carbonyl (C=O) groups excluding carboxylic acids is 1. The third-order valence-electron chi connectivity index (χ3n) is 2.90. The van der Waals surface area contributed by atoms with Crippen molar-refractivity contribution in [1.82, 2.24) is 0 Å². The van der Waals surface area contributed by atoms with E-state index in [4.69, 9.17) is 0 Å². The summed E-state index contributed by atoms with van der Waals surface area (Å²) in [6, 6.07) is 0. The molecule has 5 heteroatoms. The molecule has 1 heterocycles. The molecule has 0 bridgehead atoms. The molecule has 4 nitrogen and oxygen atoms in total. The van der Waals surface area contributed by atoms with Crippen LogP contribution in [-0.2, 0) is 14.6 Å². The number of rotatable bonds is 2. The molecule has 1 fully saturated rings. The van der Waals surface area contributed by atoms with Gasteiger partial charge in [0.15, 0.2) is 9.84 Å². The molecule has 1 aliphatic rings. The highest BCUT2D eigenvalue weighted by atomic mass is 32.2. The normalized spacial score (nSPS) is 29.5. The average molecular weight is 203 g/mol. The molecule has 1 aliphatic heterocycles. The molecule has 1 unspecified atom stereocenters. The lowest BCUT2D eigenvalue weighted by molar-refractivity contribution is 0.430. The van der Waals surface area contributed by atoms with Gasteiger partial charge < -0.3 is 0 Å². The monoisotopic (exact) mass is 203 g/mol. The van der Waals surface area contributed by atoms with E-state index >= 15 is 0 Å². The molecule has 1 rings (SSSR count). The first-order chi connectivity index (χ1) is 5.92. The van der Waals surface area contributed by atoms with E-state index in [2.05, 4.69) is 4.99 Å². The van der Waals surface area contributed by atoms with Crippen LogP contribution in [0.2, 0.25) is 0 Å². The molecular weight excluding hydrogens is 190 g/mol. The highest BCUT2D eigenvalue weighted by Gasteiger charge is 2.47. The fourth-order valence-electron chi connectivity index (χ4n) is 1.62. The number of hydrogen-bond donors (Lipinski definition) is 0. The fraction of sp³-hybridized carbons (Fsp3) is 0.875. The summed E-state index contributed by atoms with van der Waals surface area (Å²) in [5.74, 6) is 0.165. The van der Waals surface area contributed by atoms with Crippen LogP contribution in [0.3, 0.4) is 0 Å². The zero-order chi connectivity index (χ0) is 10.1. The predicted octanol–water partition coefficient (Wildman–Crippen LogP) is 0.536. The van der Waals surface area contributed by atoms with Crippen LogP contribution in [0.1, 0.15) is 20.3 Å². The first kappa shape index (κ1) is 10.4. The summed E-state index contributed by atoms with van der Waals surface area (Å²) < 4.78 is 22.3. The lowest BCUT2D eigenvalue weighted by Crippen LogP contribution is -2.34. The van der Waals surface area contributed by atoms with Gasteiger partial charge in [-0.2, -0.15) is 0 Å². The first-order valence-corrected chi connectivity index (χ1v) is 5.83. The van der Waals surface area contributed by atoms with Gasteiger partial charge in [-0.3, -0.25) is 0 Å². The van der Waals surface area contributed by atoms with Crippen molar-refractivity contribution in [2.75, 3.05) is 12.3 Å². The third kappa shape index (κ3) is 1.67. The van der Waals surface area contributed by atoms with Crippen molar-refractivity contribution >= 4 is 15.9 Å². The molecule has 0 amide bonds. The molecule has 0 radical (unpaired) electrons. The molecule has 0 aromatic heterocycles. The topological polar surface area (TPSA) is 63.6 Å². The van der Waals surface area contributed by atoms with Crippen LogP contribution >= 0.6 is 0 Å². The minimum Gasteiger partial charge on any atom is -0.228 e. The number of sulfone groups is 1. The van der Waals surface area contributed by atoms with Gasteiger partial charge in [-0.05, 0) is 26.2 Å². The zero-order valence-electron chi connectivity index (χ0n) is 7.78. The van der Waals surface area contributed by atoms with Crippen LogP contribution in [0.5, 0.6) is 0 Å². The van der Waals surface area contributed by atoms with Crippen LogP contribution in [0.25, 0.3) is 0 Å². The van der Waals surface area contributed by atoms with Crippen molar-refractivity contribution in [2.24, 2.45) is 10.9 Å². The molecule has 0 spiro atoms. The lowest BCUT2D eigenvalue weighted by Gasteiger charge is -2.23. The van der Waals surface area contributed by atoms with Crippen LogP contribution in [0, 0.1) is 5.92 Å². The Kier molecular flexibility index (Phi) is 2.59. The Labute approximate surface area is 78.0 Å². The van der Waals surface area contributed by atoms with Gasteiger partial charge in [0.2, 0.25) is 6.08 Å². The maximum atomic E-state index is 11.5. The highest BCUT2D eigenvalue weighted by molar-refractivity contribution is 7.93. The summed E-state index contributed by atoms with van der Waals surface area (Å²) in [6.45, 7) is 3.66. The molecule has 1 saturated heterocycles. The molecule has 1 atom stereocenters. The molecule has 74 valence electrons. The molecule has 0 N–H and O–H groups in total. The summed E-state index contributed by atoms with van der Waals surface area (Å²) in [7, 11) is -2.99. The molecule has 0 saturated carbocycles. The summed E-state index contributed by atoms with van der Waals surface area (Å²) in [4.78, 5) is 13.3. The van der Waals surface area contributed by atoms with Gasteiger partial charge in [0, 0.05) is 0 Å². The second-order valence-electron chi connectivity index (χ2n) is 3.84. The maximum Gasteiger partial charge on any atom is 0.234 e. The summed E-state index contributed by atoms with van der Waals surface area (Å²) in [6.07, 6.45) is 2.04. The fourth-order valence-corrected chi connectivity index (χ4v) is 3.44. The molecular formula is C8H13NO3S. The molecule has 0 aliphatic carbocycles. The quantitative estimate of drug-likeness (QED) is 0.486. The van der Waals surface area contributed by atoms with E-state index < -0.39 is 14.6 Å². The van der Waals surface area contributed by atoms with Gasteiger partial charge in [0.1, 0.15) is 0 Å². The van der Waals surface area contributed by atoms with Gasteiger partial charge in [0.25, 0.3) is 0 Å². The molecule has 13 heavy (non-hydrogen) atoms. The average Bonchev–Trinajstić information content (AvgIpc) is 2.21. The van der Waals surface area contributed by atoms with E-state index in [1.54, 1.807) is 13.8 Å². The zero-order valence-corrected chi connectivity index (χ0v) is 8.60. The standard InChI is InChI=1S/C8H13NO3S/c1-8(2)7(5-9-6-10)3-4-13(8,11)12/h7H,3-5H2,1-2H3. The minimum absolute atomic E-state index is 0.0426. The number of nitrogens with zero attached hydrogens (tertiary/aromatic N) is 1. The Hall–Kier alpha value is -0.670. The Morgan fingerprint density at radius 2 is 2.15 bits per heavy atom. The van der Waals surface area contributed by atoms with Crippen molar-refractivity contribution in [3.63, 3.8) is 0 Å². The molecule has 0 aromatic rings. The second kappa shape index (κ2) is 3.24. The van der Waals surface area contributed by atoms with Crippen molar-refractivity contribution < 1.29 is 13.2 Å². The van der Waals surface area contributed by atoms with Crippen LogP contribution in [0.4, 0.5) is 0 Å². The van der Waals surface area contributed by atoms with Crippen molar-refractivity contribution in [2.45, 2.75) is 25.0 Å². The van der Waals surface area contributed by atoms with Crippen LogP contribution < -0.4 is 0 Å². The Bertz CT molecular complexity index is 338. The van der Waals surface area contributed by atoms with Crippen LogP contribution in [0.15, 0.2) is 4.99 Å². The predicted molar refractivity (Wildman–Crippen MR) is 49.0 cm³/mol. The summed E-state index contributed by atoms with van der Waals surface area (Å²) in [5, 5.41) is 0. The van der Waals surface area contributed by atoms with Gasteiger partial charge in [-0.1, -0.05) is 0 Å². The first-order valence-electron chi connectivity index (χ1n) is 4.18. The van der Waals surface area contributed by atoms with Gasteiger partial charge in [0.05, 0.1) is 17.0 Å². The van der Waals surface area contributed by atoms with Crippen molar-refractivity contribution in [3.05, 3.63) is 0 Å². The lowest BCUT2D eigenvalue weighted by atomic mass is 9.93. The van der Waals surface area contributed by atoms with E-state index in [0.29, 0.717) is 6.42 Å². The maximum absolute atomic E-state index is 11.5. The van der Waals surface area contributed by atoms with E-state index in [1.165, 1.54) is 6.08 Å². The van der Waals surface area contributed by atoms with E-state index in [9.17, 15) is 13.2 Å². The van der Waals surface area contributed by atoms with Gasteiger partial charge >= 0.3 is 0 Å². The van der Waals surface area contributed by atoms with E-state index in [1.807, 2.05) is 0 Å². The van der Waals surface area contributed by atoms with Gasteiger partial charge in [-0.25, -0.2) is 18.2 Å². The smallest absolute Gasteiger partial charge is 0.228 e. The largest absolute Gasteiger partial charge is 0.234 e. The van der Waals surface area contributed by atoms with Crippen molar-refractivity contribution in [3.8, 4) is 0 Å². The summed E-state index contributed by atoms with van der Waals surface area (Å²) in [5.41, 5.74) is 0. The Morgan fingerprint density at radius 3 is 2.54 bits per heavy atom. The van der Waals surface area contributed by atoms with Crippen LogP contribution in [-0.4, -0.2) is 31.5 Å². The van der Waals surface area contributed by atoms with E-state index in [-0.39, 0.29) is 18.2 Å². The number of aliphatic imine (C=N–C) groups is 1. The minimum atomic E-state index is -2.99. The van der Waals surface area contributed by atoms with E-state index in [0.717, 1.165) is 0 Å². The molecule has 0 aromatic carbocycles. The third-order valence-corrected chi connectivity index (χ3v) is 5.61. The Morgan fingerprint density at radius 1 is 1.54 bits per heavy atom. The Balaban J connectivity index is 2.88. The SMILES string of the molecule is CC1(C)C(CN=C=O)CCS1(=O)=O. The highest BCUT2D eigenvalue weighted by Crippen LogP contribution is 2.37.